The van der Waals surface area contributed by atoms with Crippen LogP contribution in [0.25, 0.3) is 0 Å². The van der Waals surface area contributed by atoms with Crippen molar-refractivity contribution in [2.24, 2.45) is 20.5 Å². The van der Waals surface area contributed by atoms with E-state index in [0.717, 1.165) is 13.8 Å². The summed E-state index contributed by atoms with van der Waals surface area (Å²) in [6, 6.07) is 19.9. The number of carbonyl (C=O) groups is 6. The monoisotopic (exact) mass is 1060 g/mol. The van der Waals surface area contributed by atoms with E-state index in [1.54, 1.807) is 57.2 Å². The van der Waals surface area contributed by atoms with Crippen LogP contribution in [0.3, 0.4) is 0 Å². The predicted octanol–water partition coefficient (Wildman–Crippen LogP) is 13.6. The molecule has 0 spiro atoms. The Bertz CT molecular complexity index is 2890. The third-order valence-electron chi connectivity index (χ3n) is 10.3. The molecular weight excluding hydrogens is 1020 g/mol. The number of halogens is 5. The molecule has 4 N–H and O–H groups in total. The average molecular weight is 1070 g/mol. The number of rotatable bonds is 21. The van der Waals surface area contributed by atoms with Crippen molar-refractivity contribution in [1.82, 2.24) is 0 Å². The molecule has 5 rings (SSSR count). The average Bonchev–Trinajstić information content (AvgIpc) is 3.31. The van der Waals surface area contributed by atoms with Gasteiger partial charge in [0.1, 0.15) is 22.9 Å². The molecule has 0 heterocycles. The molecule has 5 atom stereocenters. The molecule has 16 nitrogen and oxygen atoms in total. The molecule has 4 amide bonds. The minimum Gasteiger partial charge on any atom is -0.491 e. The van der Waals surface area contributed by atoms with Crippen LogP contribution in [-0.2, 0) is 19.2 Å². The Hall–Kier alpha value is -6.43. The van der Waals surface area contributed by atoms with Crippen LogP contribution in [0, 0.1) is 0 Å². The molecule has 21 heteroatoms. The van der Waals surface area contributed by atoms with Crippen LogP contribution in [0.2, 0.25) is 10.0 Å². The largest absolute Gasteiger partial charge is 0.491 e. The number of amides is 4. The van der Waals surface area contributed by atoms with Gasteiger partial charge < -0.3 is 30.7 Å². The summed E-state index contributed by atoms with van der Waals surface area (Å²) in [5.74, 6) is -3.28. The number of para-hydroxylation sites is 2. The molecule has 0 saturated carbocycles. The van der Waals surface area contributed by atoms with Crippen molar-refractivity contribution >= 4 is 127 Å². The Labute approximate surface area is 435 Å². The fraction of sp³-hybridized carbons (Fsp3) is 0.280. The Balaban J connectivity index is 1.30. The van der Waals surface area contributed by atoms with Crippen LogP contribution < -0.4 is 30.7 Å². The molecule has 0 radical (unpaired) electrons. The first-order valence-electron chi connectivity index (χ1n) is 22.0. The predicted molar refractivity (Wildman–Crippen MR) is 279 cm³/mol. The number of ketones is 2. The fourth-order valence-corrected chi connectivity index (χ4v) is 7.60. The maximum atomic E-state index is 13.6. The second-order valence-corrected chi connectivity index (χ2v) is 18.4. The molecule has 0 aliphatic rings. The standard InChI is InChI=1S/C50H49Cl5N8O8/c1-8-70-45-33(25(3)51)12-10-14-39(45)58-47(66)30-16-19-36(54)41(22-30)60-62-43(28(6)64)49(68)56-32-18-21-38(35(24-32)27(5)53)57-50(69)44(29(7)65)63-61-42-23-31(17-20-37(42)55)48(67)59-40-15-11-13-34(26(4)52)46(40)71-9-2/h10-27,43-44H,8-9H2,1-7H3,(H,56,68)(H,57,69)(H,58,66)(H,59,67). The van der Waals surface area contributed by atoms with Crippen LogP contribution in [-0.4, -0.2) is 60.5 Å². The molecule has 5 unspecified atom stereocenters. The summed E-state index contributed by atoms with van der Waals surface area (Å²) in [5, 5.41) is 25.7. The lowest BCUT2D eigenvalue weighted by Crippen LogP contribution is -2.32. The highest BCUT2D eigenvalue weighted by molar-refractivity contribution is 6.33. The first-order chi connectivity index (χ1) is 33.7. The number of hydrogen-bond acceptors (Lipinski definition) is 12. The molecule has 5 aromatic rings. The summed E-state index contributed by atoms with van der Waals surface area (Å²) < 4.78 is 11.6. The lowest BCUT2D eigenvalue weighted by molar-refractivity contribution is -0.127. The van der Waals surface area contributed by atoms with Gasteiger partial charge in [-0.1, -0.05) is 47.5 Å². The molecular formula is C50H49Cl5N8O8. The molecule has 5 aromatic carbocycles. The number of alkyl halides is 3. The van der Waals surface area contributed by atoms with E-state index in [-0.39, 0.29) is 43.9 Å². The summed E-state index contributed by atoms with van der Waals surface area (Å²) in [7, 11) is 0. The number of nitrogens with one attached hydrogen (secondary N) is 4. The van der Waals surface area contributed by atoms with Gasteiger partial charge in [-0.15, -0.1) is 34.8 Å². The molecule has 0 aliphatic carbocycles. The first-order valence-corrected chi connectivity index (χ1v) is 24.0. The van der Waals surface area contributed by atoms with E-state index in [1.807, 2.05) is 13.8 Å². The van der Waals surface area contributed by atoms with Gasteiger partial charge in [-0.3, -0.25) is 28.8 Å². The highest BCUT2D eigenvalue weighted by Crippen LogP contribution is 2.38. The number of hydrogen-bond donors (Lipinski definition) is 4. The Morgan fingerprint density at radius 2 is 0.944 bits per heavy atom. The third kappa shape index (κ3) is 14.6. The van der Waals surface area contributed by atoms with E-state index in [0.29, 0.717) is 52.8 Å². The van der Waals surface area contributed by atoms with Gasteiger partial charge in [0.05, 0.1) is 50.8 Å². The molecule has 0 aliphatic heterocycles. The van der Waals surface area contributed by atoms with Crippen molar-refractivity contribution < 1.29 is 38.2 Å². The fourth-order valence-electron chi connectivity index (χ4n) is 6.77. The minimum absolute atomic E-state index is 0.00110. The summed E-state index contributed by atoms with van der Waals surface area (Å²) in [5.41, 5.74) is 3.10. The molecule has 0 aromatic heterocycles. The highest BCUT2D eigenvalue weighted by Gasteiger charge is 2.27. The smallest absolute Gasteiger partial charge is 0.258 e. The van der Waals surface area contributed by atoms with Gasteiger partial charge >= 0.3 is 0 Å². The lowest BCUT2D eigenvalue weighted by Gasteiger charge is -2.17. The zero-order valence-electron chi connectivity index (χ0n) is 39.4. The van der Waals surface area contributed by atoms with E-state index in [2.05, 4.69) is 41.7 Å². The van der Waals surface area contributed by atoms with E-state index in [4.69, 9.17) is 67.5 Å². The lowest BCUT2D eigenvalue weighted by atomic mass is 10.1. The van der Waals surface area contributed by atoms with Crippen molar-refractivity contribution in [1.29, 1.82) is 0 Å². The van der Waals surface area contributed by atoms with Crippen LogP contribution in [0.4, 0.5) is 34.1 Å². The van der Waals surface area contributed by atoms with Gasteiger partial charge in [-0.05, 0) is 121 Å². The van der Waals surface area contributed by atoms with Crippen LogP contribution >= 0.6 is 58.0 Å². The van der Waals surface area contributed by atoms with Gasteiger partial charge in [0, 0.05) is 33.6 Å². The quantitative estimate of drug-likeness (QED) is 0.0314. The minimum atomic E-state index is -1.66. The third-order valence-corrected chi connectivity index (χ3v) is 11.6. The number of azo groups is 2. The normalized spacial score (nSPS) is 13.4. The van der Waals surface area contributed by atoms with Crippen molar-refractivity contribution in [2.75, 3.05) is 34.5 Å². The summed E-state index contributed by atoms with van der Waals surface area (Å²) in [6.07, 6.45) is 0. The van der Waals surface area contributed by atoms with Crippen LogP contribution in [0.15, 0.2) is 111 Å². The van der Waals surface area contributed by atoms with Crippen LogP contribution in [0.1, 0.15) is 102 Å². The Morgan fingerprint density at radius 3 is 1.34 bits per heavy atom. The molecule has 0 saturated heterocycles. The van der Waals surface area contributed by atoms with Gasteiger partial charge in [0.15, 0.2) is 11.6 Å². The zero-order chi connectivity index (χ0) is 52.1. The number of ether oxygens (including phenoxy) is 2. The van der Waals surface area contributed by atoms with Crippen molar-refractivity contribution in [2.45, 2.75) is 76.7 Å². The number of anilines is 4. The van der Waals surface area contributed by atoms with E-state index in [1.165, 1.54) is 54.6 Å². The van der Waals surface area contributed by atoms with E-state index >= 15 is 0 Å². The summed E-state index contributed by atoms with van der Waals surface area (Å²) in [6.45, 7) is 11.8. The maximum absolute atomic E-state index is 13.6. The number of benzene rings is 5. The highest BCUT2D eigenvalue weighted by atomic mass is 35.5. The van der Waals surface area contributed by atoms with Crippen LogP contribution in [0.5, 0.6) is 11.5 Å². The van der Waals surface area contributed by atoms with Crippen molar-refractivity contribution in [3.8, 4) is 11.5 Å². The van der Waals surface area contributed by atoms with E-state index < -0.39 is 63.4 Å². The maximum Gasteiger partial charge on any atom is 0.258 e. The zero-order valence-corrected chi connectivity index (χ0v) is 43.2. The van der Waals surface area contributed by atoms with Crippen molar-refractivity contribution in [3.63, 3.8) is 0 Å². The number of carbonyl (C=O) groups excluding carboxylic acids is 6. The Morgan fingerprint density at radius 1 is 0.521 bits per heavy atom. The van der Waals surface area contributed by atoms with E-state index in [9.17, 15) is 28.8 Å². The summed E-state index contributed by atoms with van der Waals surface area (Å²) in [4.78, 5) is 79.5. The molecule has 71 heavy (non-hydrogen) atoms. The molecule has 372 valence electrons. The second kappa shape index (κ2) is 25.6. The van der Waals surface area contributed by atoms with Gasteiger partial charge in [-0.25, -0.2) is 0 Å². The number of Topliss-reactive ketones (excluding diaryl/α,β-unsaturated/α-hetero) is 2. The molecule has 0 fully saturated rings. The first kappa shape index (κ1) is 55.5. The number of nitrogens with zero attached hydrogens (tertiary/aromatic N) is 4. The van der Waals surface area contributed by atoms with Gasteiger partial charge in [0.2, 0.25) is 12.1 Å². The van der Waals surface area contributed by atoms with Gasteiger partial charge in [-0.2, -0.15) is 20.5 Å². The topological polar surface area (TPSA) is 218 Å². The molecule has 0 bridgehead atoms. The van der Waals surface area contributed by atoms with Crippen molar-refractivity contribution in [3.05, 3.63) is 129 Å². The Kier molecular flexibility index (Phi) is 20.0. The second-order valence-electron chi connectivity index (χ2n) is 15.6. The van der Waals surface area contributed by atoms with Gasteiger partial charge in [0.25, 0.3) is 23.6 Å². The SMILES string of the molecule is CCOc1c(NC(=O)c2ccc(Cl)c(N=NC(C(C)=O)C(=O)Nc3ccc(NC(=O)C(N=Nc4cc(C(=O)Nc5cccc(C(C)Cl)c5OCC)ccc4Cl)C(C)=O)c(C(C)Cl)c3)c2)cccc1C(C)Cl. The summed E-state index contributed by atoms with van der Waals surface area (Å²) >= 11 is 32.0.